The van der Waals surface area contributed by atoms with Crippen molar-refractivity contribution >= 4 is 5.97 Å². The van der Waals surface area contributed by atoms with Gasteiger partial charge in [-0.05, 0) is 6.92 Å². The molecule has 1 aromatic carbocycles. The standard InChI is InChI=1S/C9H5F5O3/c1-2(9(15)16)17-8-6(13)4(11)3(10)5(12)7(8)14/h2H,1H3,(H,15,16). The van der Waals surface area contributed by atoms with E-state index in [9.17, 15) is 26.7 Å². The molecule has 0 aliphatic rings. The zero-order valence-corrected chi connectivity index (χ0v) is 8.23. The van der Waals surface area contributed by atoms with E-state index < -0.39 is 46.9 Å². The number of hydrogen-bond acceptors (Lipinski definition) is 2. The van der Waals surface area contributed by atoms with Gasteiger partial charge in [0.05, 0.1) is 0 Å². The summed E-state index contributed by atoms with van der Waals surface area (Å²) in [5, 5.41) is 8.39. The highest BCUT2D eigenvalue weighted by atomic mass is 19.2. The Bertz CT molecular complexity index is 445. The number of halogens is 5. The highest BCUT2D eigenvalue weighted by molar-refractivity contribution is 5.72. The Balaban J connectivity index is 3.30. The molecule has 0 bridgehead atoms. The number of carboxylic acids is 1. The fourth-order valence-corrected chi connectivity index (χ4v) is 0.915. The monoisotopic (exact) mass is 256 g/mol. The SMILES string of the molecule is CC(Oc1c(F)c(F)c(F)c(F)c1F)C(=O)O. The molecule has 8 heteroatoms. The van der Waals surface area contributed by atoms with Crippen LogP contribution in [0.25, 0.3) is 0 Å². The summed E-state index contributed by atoms with van der Waals surface area (Å²) in [7, 11) is 0. The van der Waals surface area contributed by atoms with Gasteiger partial charge in [-0.25, -0.2) is 18.0 Å². The van der Waals surface area contributed by atoms with E-state index in [1.807, 2.05) is 0 Å². The Morgan fingerprint density at radius 1 is 1.00 bits per heavy atom. The third-order valence-electron chi connectivity index (χ3n) is 1.81. The largest absolute Gasteiger partial charge is 0.479 e. The third kappa shape index (κ3) is 2.29. The lowest BCUT2D eigenvalue weighted by Gasteiger charge is -2.12. The minimum atomic E-state index is -2.34. The number of aliphatic carboxylic acids is 1. The fraction of sp³-hybridized carbons (Fsp3) is 0.222. The Morgan fingerprint density at radius 3 is 1.71 bits per heavy atom. The first-order chi connectivity index (χ1) is 7.77. The number of benzene rings is 1. The Labute approximate surface area is 91.4 Å². The van der Waals surface area contributed by atoms with Gasteiger partial charge in [-0.3, -0.25) is 0 Å². The lowest BCUT2D eigenvalue weighted by atomic mass is 10.2. The summed E-state index contributed by atoms with van der Waals surface area (Å²) in [5.74, 6) is -14.4. The van der Waals surface area contributed by atoms with Gasteiger partial charge in [-0.2, -0.15) is 8.78 Å². The molecule has 0 saturated heterocycles. The van der Waals surface area contributed by atoms with Crippen LogP contribution in [0, 0.1) is 29.1 Å². The van der Waals surface area contributed by atoms with Crippen molar-refractivity contribution in [1.82, 2.24) is 0 Å². The van der Waals surface area contributed by atoms with Crippen molar-refractivity contribution in [2.24, 2.45) is 0 Å². The van der Waals surface area contributed by atoms with E-state index in [4.69, 9.17) is 5.11 Å². The van der Waals surface area contributed by atoms with E-state index in [1.165, 1.54) is 0 Å². The summed E-state index contributed by atoms with van der Waals surface area (Å²) >= 11 is 0. The maximum atomic E-state index is 13.0. The average Bonchev–Trinajstić information content (AvgIpc) is 2.29. The molecular weight excluding hydrogens is 251 g/mol. The second-order valence-electron chi connectivity index (χ2n) is 3.00. The highest BCUT2D eigenvalue weighted by Gasteiger charge is 2.29. The second kappa shape index (κ2) is 4.56. The summed E-state index contributed by atoms with van der Waals surface area (Å²) in [4.78, 5) is 10.3. The van der Waals surface area contributed by atoms with E-state index >= 15 is 0 Å². The van der Waals surface area contributed by atoms with Gasteiger partial charge in [-0.15, -0.1) is 0 Å². The maximum Gasteiger partial charge on any atom is 0.344 e. The molecule has 3 nitrogen and oxygen atoms in total. The van der Waals surface area contributed by atoms with E-state index in [0.717, 1.165) is 6.92 Å². The van der Waals surface area contributed by atoms with Crippen LogP contribution in [0.3, 0.4) is 0 Å². The average molecular weight is 256 g/mol. The summed E-state index contributed by atoms with van der Waals surface area (Å²) < 4.78 is 68.1. The molecule has 0 aliphatic carbocycles. The third-order valence-corrected chi connectivity index (χ3v) is 1.81. The predicted molar refractivity (Wildman–Crippen MR) is 44.0 cm³/mol. The van der Waals surface area contributed by atoms with Crippen LogP contribution in [-0.4, -0.2) is 17.2 Å². The topological polar surface area (TPSA) is 46.5 Å². The smallest absolute Gasteiger partial charge is 0.344 e. The van der Waals surface area contributed by atoms with Gasteiger partial charge in [-0.1, -0.05) is 0 Å². The van der Waals surface area contributed by atoms with E-state index in [1.54, 1.807) is 0 Å². The van der Waals surface area contributed by atoms with Gasteiger partial charge in [0.2, 0.25) is 29.1 Å². The van der Waals surface area contributed by atoms with Gasteiger partial charge >= 0.3 is 5.97 Å². The van der Waals surface area contributed by atoms with Crippen LogP contribution in [0.15, 0.2) is 0 Å². The lowest BCUT2D eigenvalue weighted by Crippen LogP contribution is -2.24. The molecule has 0 amide bonds. The molecule has 0 radical (unpaired) electrons. The Hall–Kier alpha value is -1.86. The molecule has 17 heavy (non-hydrogen) atoms. The van der Waals surface area contributed by atoms with E-state index in [2.05, 4.69) is 4.74 Å². The van der Waals surface area contributed by atoms with Crippen LogP contribution < -0.4 is 4.74 Å². The second-order valence-corrected chi connectivity index (χ2v) is 3.00. The number of carboxylic acid groups (broad SMARTS) is 1. The summed E-state index contributed by atoms with van der Waals surface area (Å²) in [6, 6.07) is 0. The van der Waals surface area contributed by atoms with Crippen molar-refractivity contribution in [2.75, 3.05) is 0 Å². The van der Waals surface area contributed by atoms with Gasteiger partial charge in [0.1, 0.15) is 0 Å². The number of rotatable bonds is 3. The van der Waals surface area contributed by atoms with Gasteiger partial charge in [0, 0.05) is 0 Å². The highest BCUT2D eigenvalue weighted by Crippen LogP contribution is 2.29. The Morgan fingerprint density at radius 2 is 1.35 bits per heavy atom. The minimum absolute atomic E-state index is 0.875. The summed E-state index contributed by atoms with van der Waals surface area (Å²) in [6.45, 7) is 0.875. The van der Waals surface area contributed by atoms with Crippen LogP contribution in [0.2, 0.25) is 0 Å². The molecule has 1 aromatic rings. The van der Waals surface area contributed by atoms with Crippen molar-refractivity contribution in [3.05, 3.63) is 29.1 Å². The van der Waals surface area contributed by atoms with Gasteiger partial charge in [0.25, 0.3) is 0 Å². The van der Waals surface area contributed by atoms with Crippen molar-refractivity contribution in [2.45, 2.75) is 13.0 Å². The number of hydrogen-bond donors (Lipinski definition) is 1. The van der Waals surface area contributed by atoms with Crippen molar-refractivity contribution in [3.63, 3.8) is 0 Å². The van der Waals surface area contributed by atoms with Crippen LogP contribution >= 0.6 is 0 Å². The van der Waals surface area contributed by atoms with Crippen LogP contribution in [-0.2, 0) is 4.79 Å². The summed E-state index contributed by atoms with van der Waals surface area (Å²) in [6.07, 6.45) is -1.76. The van der Waals surface area contributed by atoms with Crippen molar-refractivity contribution < 1.29 is 36.6 Å². The first-order valence-corrected chi connectivity index (χ1v) is 4.18. The van der Waals surface area contributed by atoms with Gasteiger partial charge in [0.15, 0.2) is 11.9 Å². The summed E-state index contributed by atoms with van der Waals surface area (Å²) in [5.41, 5.74) is 0. The Kier molecular flexibility index (Phi) is 3.54. The zero-order valence-electron chi connectivity index (χ0n) is 8.23. The molecule has 1 unspecified atom stereocenters. The zero-order chi connectivity index (χ0) is 13.3. The fourth-order valence-electron chi connectivity index (χ4n) is 0.915. The molecule has 0 fully saturated rings. The molecule has 1 atom stereocenters. The van der Waals surface area contributed by atoms with E-state index in [0.29, 0.717) is 0 Å². The minimum Gasteiger partial charge on any atom is -0.479 e. The number of carbonyl (C=O) groups is 1. The molecule has 0 saturated carbocycles. The van der Waals surface area contributed by atoms with Crippen molar-refractivity contribution in [1.29, 1.82) is 0 Å². The quantitative estimate of drug-likeness (QED) is 0.512. The van der Waals surface area contributed by atoms with E-state index in [-0.39, 0.29) is 0 Å². The first kappa shape index (κ1) is 13.2. The molecule has 0 aromatic heterocycles. The molecule has 94 valence electrons. The maximum absolute atomic E-state index is 13.0. The van der Waals surface area contributed by atoms with Gasteiger partial charge < -0.3 is 9.84 Å². The normalized spacial score (nSPS) is 12.4. The molecule has 0 aliphatic heterocycles. The molecule has 0 spiro atoms. The first-order valence-electron chi connectivity index (χ1n) is 4.18. The molecule has 0 heterocycles. The van der Waals surface area contributed by atoms with Crippen LogP contribution in [0.1, 0.15) is 6.92 Å². The molecule has 1 rings (SSSR count). The van der Waals surface area contributed by atoms with Crippen LogP contribution in [0.4, 0.5) is 22.0 Å². The molecular formula is C9H5F5O3. The molecule has 1 N–H and O–H groups in total. The van der Waals surface area contributed by atoms with Crippen molar-refractivity contribution in [3.8, 4) is 5.75 Å². The lowest BCUT2D eigenvalue weighted by molar-refractivity contribution is -0.144. The predicted octanol–water partition coefficient (Wildman–Crippen LogP) is 2.23. The van der Waals surface area contributed by atoms with Crippen LogP contribution in [0.5, 0.6) is 5.75 Å². The number of ether oxygens (including phenoxy) is 1.